The molecule has 0 saturated carbocycles. The van der Waals surface area contributed by atoms with Crippen molar-refractivity contribution in [1.82, 2.24) is 0 Å². The van der Waals surface area contributed by atoms with Crippen LogP contribution in [0.3, 0.4) is 0 Å². The minimum absolute atomic E-state index is 0.205. The van der Waals surface area contributed by atoms with Gasteiger partial charge in [-0.1, -0.05) is 27.7 Å². The Kier molecular flexibility index (Phi) is 3.73. The van der Waals surface area contributed by atoms with Gasteiger partial charge in [0.25, 0.3) is 0 Å². The maximum Gasteiger partial charge on any atom is 0.0136 e. The van der Waals surface area contributed by atoms with Crippen LogP contribution in [0.25, 0.3) is 0 Å². The number of hydrogen-bond donors (Lipinski definition) is 1. The van der Waals surface area contributed by atoms with E-state index < -0.39 is 0 Å². The molecule has 0 spiro atoms. The molecule has 2 N–H and O–H groups in total. The Bertz CT molecular complexity index is 283. The van der Waals surface area contributed by atoms with Gasteiger partial charge in [0.1, 0.15) is 0 Å². The van der Waals surface area contributed by atoms with Gasteiger partial charge in [-0.3, -0.25) is 0 Å². The lowest BCUT2D eigenvalue weighted by molar-refractivity contribution is 0.320. The number of thiophene rings is 1. The van der Waals surface area contributed by atoms with E-state index in [1.165, 1.54) is 9.75 Å². The molecule has 0 bridgehead atoms. The Morgan fingerprint density at radius 3 is 2.29 bits per heavy atom. The predicted molar refractivity (Wildman–Crippen MR) is 64.8 cm³/mol. The van der Waals surface area contributed by atoms with Crippen molar-refractivity contribution >= 4 is 11.3 Å². The zero-order chi connectivity index (χ0) is 10.8. The lowest BCUT2D eigenvalue weighted by atomic mass is 9.85. The van der Waals surface area contributed by atoms with Gasteiger partial charge in [0, 0.05) is 15.8 Å². The zero-order valence-electron chi connectivity index (χ0n) is 9.63. The summed E-state index contributed by atoms with van der Waals surface area (Å²) in [6.45, 7) is 8.79. The van der Waals surface area contributed by atoms with Gasteiger partial charge < -0.3 is 5.73 Å². The first-order chi connectivity index (χ1) is 6.43. The van der Waals surface area contributed by atoms with E-state index in [9.17, 15) is 0 Å². The van der Waals surface area contributed by atoms with Crippen molar-refractivity contribution < 1.29 is 0 Å². The molecule has 2 heteroatoms. The van der Waals surface area contributed by atoms with Gasteiger partial charge >= 0.3 is 0 Å². The van der Waals surface area contributed by atoms with Crippen LogP contribution in [0, 0.1) is 5.41 Å². The molecule has 1 nitrogen and oxygen atoms in total. The summed E-state index contributed by atoms with van der Waals surface area (Å²) < 4.78 is 0. The summed E-state index contributed by atoms with van der Waals surface area (Å²) in [5, 5.41) is 0. The average Bonchev–Trinajstić information content (AvgIpc) is 2.50. The van der Waals surface area contributed by atoms with Crippen LogP contribution in [0.15, 0.2) is 12.1 Å². The van der Waals surface area contributed by atoms with Crippen molar-refractivity contribution in [3.63, 3.8) is 0 Å². The zero-order valence-corrected chi connectivity index (χ0v) is 10.4. The fourth-order valence-corrected chi connectivity index (χ4v) is 2.26. The molecule has 0 aliphatic carbocycles. The van der Waals surface area contributed by atoms with Gasteiger partial charge in [0.2, 0.25) is 0 Å². The van der Waals surface area contributed by atoms with Crippen LogP contribution in [0.5, 0.6) is 0 Å². The fourth-order valence-electron chi connectivity index (χ4n) is 1.24. The number of aryl methyl sites for hydroxylation is 1. The Labute approximate surface area is 91.3 Å². The SMILES string of the molecule is CCc1ccc(CC(N)C(C)(C)C)s1. The second-order valence-corrected chi connectivity index (χ2v) is 6.15. The molecule has 1 atom stereocenters. The predicted octanol–water partition coefficient (Wildman–Crippen LogP) is 3.23. The van der Waals surface area contributed by atoms with Crippen molar-refractivity contribution in [3.8, 4) is 0 Å². The summed E-state index contributed by atoms with van der Waals surface area (Å²) in [7, 11) is 0. The van der Waals surface area contributed by atoms with Gasteiger partial charge in [-0.25, -0.2) is 0 Å². The molecule has 0 radical (unpaired) electrons. The fraction of sp³-hybridized carbons (Fsp3) is 0.667. The summed E-state index contributed by atoms with van der Waals surface area (Å²) in [4.78, 5) is 2.88. The largest absolute Gasteiger partial charge is 0.327 e. The quantitative estimate of drug-likeness (QED) is 0.816. The maximum atomic E-state index is 6.14. The molecule has 0 aromatic carbocycles. The summed E-state index contributed by atoms with van der Waals surface area (Å²) in [5.74, 6) is 0. The monoisotopic (exact) mass is 211 g/mol. The summed E-state index contributed by atoms with van der Waals surface area (Å²) in [6.07, 6.45) is 2.14. The molecule has 0 saturated heterocycles. The highest BCUT2D eigenvalue weighted by atomic mass is 32.1. The van der Waals surface area contributed by atoms with Gasteiger partial charge in [-0.2, -0.15) is 0 Å². The van der Waals surface area contributed by atoms with Gasteiger partial charge in [-0.15, -0.1) is 11.3 Å². The lowest BCUT2D eigenvalue weighted by Crippen LogP contribution is -2.36. The van der Waals surface area contributed by atoms with E-state index in [0.717, 1.165) is 12.8 Å². The number of nitrogens with two attached hydrogens (primary N) is 1. The molecule has 0 aliphatic heterocycles. The Hall–Kier alpha value is -0.340. The van der Waals surface area contributed by atoms with Crippen molar-refractivity contribution in [2.24, 2.45) is 11.1 Å². The standard InChI is InChI=1S/C12H21NS/c1-5-9-6-7-10(14-9)8-11(13)12(2,3)4/h6-7,11H,5,8,13H2,1-4H3. The minimum atomic E-state index is 0.205. The second kappa shape index (κ2) is 4.45. The Morgan fingerprint density at radius 1 is 1.29 bits per heavy atom. The molecule has 0 aliphatic rings. The van der Waals surface area contributed by atoms with Crippen LogP contribution in [0.2, 0.25) is 0 Å². The highest BCUT2D eigenvalue weighted by Crippen LogP contribution is 2.24. The highest BCUT2D eigenvalue weighted by molar-refractivity contribution is 7.11. The molecule has 1 heterocycles. The van der Waals surface area contributed by atoms with E-state index in [-0.39, 0.29) is 11.5 Å². The van der Waals surface area contributed by atoms with Crippen molar-refractivity contribution in [1.29, 1.82) is 0 Å². The molecule has 0 fully saturated rings. The molecule has 1 aromatic rings. The number of rotatable bonds is 3. The summed E-state index contributed by atoms with van der Waals surface area (Å²) in [6, 6.07) is 4.69. The van der Waals surface area contributed by atoms with Crippen LogP contribution in [-0.2, 0) is 12.8 Å². The molecular weight excluding hydrogens is 190 g/mol. The molecule has 14 heavy (non-hydrogen) atoms. The van der Waals surface area contributed by atoms with Crippen LogP contribution < -0.4 is 5.73 Å². The first kappa shape index (κ1) is 11.7. The molecule has 1 rings (SSSR count). The van der Waals surface area contributed by atoms with Crippen LogP contribution >= 0.6 is 11.3 Å². The Balaban J connectivity index is 2.60. The average molecular weight is 211 g/mol. The van der Waals surface area contributed by atoms with Crippen molar-refractivity contribution in [3.05, 3.63) is 21.9 Å². The third-order valence-electron chi connectivity index (χ3n) is 2.60. The lowest BCUT2D eigenvalue weighted by Gasteiger charge is -2.26. The first-order valence-corrected chi connectivity index (χ1v) is 6.08. The molecule has 1 aromatic heterocycles. The van der Waals surface area contributed by atoms with E-state index >= 15 is 0 Å². The van der Waals surface area contributed by atoms with Crippen LogP contribution in [0.4, 0.5) is 0 Å². The molecule has 0 amide bonds. The van der Waals surface area contributed by atoms with E-state index in [1.54, 1.807) is 0 Å². The molecule has 1 unspecified atom stereocenters. The van der Waals surface area contributed by atoms with Gasteiger partial charge in [0.15, 0.2) is 0 Å². The van der Waals surface area contributed by atoms with E-state index in [2.05, 4.69) is 39.8 Å². The van der Waals surface area contributed by atoms with Crippen molar-refractivity contribution in [2.45, 2.75) is 46.6 Å². The number of hydrogen-bond acceptors (Lipinski definition) is 2. The maximum absolute atomic E-state index is 6.14. The topological polar surface area (TPSA) is 26.0 Å². The third kappa shape index (κ3) is 3.10. The van der Waals surface area contributed by atoms with Crippen LogP contribution in [-0.4, -0.2) is 6.04 Å². The molecular formula is C12H21NS. The smallest absolute Gasteiger partial charge is 0.0136 e. The second-order valence-electron chi connectivity index (χ2n) is 4.90. The van der Waals surface area contributed by atoms with Crippen molar-refractivity contribution in [2.75, 3.05) is 0 Å². The summed E-state index contributed by atoms with van der Waals surface area (Å²) in [5.41, 5.74) is 6.34. The van der Waals surface area contributed by atoms with E-state index in [4.69, 9.17) is 5.73 Å². The van der Waals surface area contributed by atoms with Gasteiger partial charge in [-0.05, 0) is 30.4 Å². The summed E-state index contributed by atoms with van der Waals surface area (Å²) >= 11 is 1.90. The normalized spacial score (nSPS) is 14.4. The minimum Gasteiger partial charge on any atom is -0.327 e. The highest BCUT2D eigenvalue weighted by Gasteiger charge is 2.21. The Morgan fingerprint density at radius 2 is 1.86 bits per heavy atom. The molecule has 80 valence electrons. The first-order valence-electron chi connectivity index (χ1n) is 5.26. The van der Waals surface area contributed by atoms with Crippen LogP contribution in [0.1, 0.15) is 37.4 Å². The van der Waals surface area contributed by atoms with E-state index in [1.807, 2.05) is 11.3 Å². The van der Waals surface area contributed by atoms with Gasteiger partial charge in [0.05, 0.1) is 0 Å². The third-order valence-corrected chi connectivity index (χ3v) is 3.85. The van der Waals surface area contributed by atoms with E-state index in [0.29, 0.717) is 0 Å².